The minimum atomic E-state index is -4.62. The van der Waals surface area contributed by atoms with E-state index in [4.69, 9.17) is 11.6 Å². The number of carbonyl (C=O) groups excluding carboxylic acids is 1. The van der Waals surface area contributed by atoms with Crippen LogP contribution in [0.1, 0.15) is 16.1 Å². The summed E-state index contributed by atoms with van der Waals surface area (Å²) >= 11 is 5.85. The van der Waals surface area contributed by atoms with E-state index in [9.17, 15) is 18.0 Å². The van der Waals surface area contributed by atoms with Crippen LogP contribution < -0.4 is 4.90 Å². The van der Waals surface area contributed by atoms with Crippen LogP contribution in [0.3, 0.4) is 0 Å². The number of alkyl halides is 3. The number of piperazine rings is 1. The Balaban J connectivity index is 1.57. The molecule has 2 heterocycles. The number of aromatic nitrogens is 2. The van der Waals surface area contributed by atoms with Crippen molar-refractivity contribution in [3.63, 3.8) is 0 Å². The van der Waals surface area contributed by atoms with Crippen molar-refractivity contribution in [1.29, 1.82) is 0 Å². The van der Waals surface area contributed by atoms with E-state index in [-0.39, 0.29) is 43.4 Å². The fourth-order valence-electron chi connectivity index (χ4n) is 3.30. The van der Waals surface area contributed by atoms with Crippen LogP contribution in [0.25, 0.3) is 11.0 Å². The van der Waals surface area contributed by atoms with Crippen LogP contribution in [-0.4, -0.2) is 47.0 Å². The zero-order valence-electron chi connectivity index (χ0n) is 15.2. The second-order valence-electron chi connectivity index (χ2n) is 6.67. The Kier molecular flexibility index (Phi) is 5.04. The highest BCUT2D eigenvalue weighted by Crippen LogP contribution is 2.35. The van der Waals surface area contributed by atoms with Crippen molar-refractivity contribution in [2.24, 2.45) is 0 Å². The lowest BCUT2D eigenvalue weighted by atomic mass is 10.1. The molecule has 3 aromatic rings. The lowest BCUT2D eigenvalue weighted by Crippen LogP contribution is -2.49. The summed E-state index contributed by atoms with van der Waals surface area (Å²) in [5.74, 6) is -0.378. The van der Waals surface area contributed by atoms with Gasteiger partial charge in [0.15, 0.2) is 11.5 Å². The number of halogens is 4. The molecule has 1 fully saturated rings. The monoisotopic (exact) mass is 420 g/mol. The van der Waals surface area contributed by atoms with Crippen LogP contribution in [0.5, 0.6) is 0 Å². The number of amides is 1. The van der Waals surface area contributed by atoms with Gasteiger partial charge in [-0.3, -0.25) is 4.79 Å². The van der Waals surface area contributed by atoms with Gasteiger partial charge in [0.05, 0.1) is 11.0 Å². The Labute approximate surface area is 169 Å². The van der Waals surface area contributed by atoms with Crippen LogP contribution in [0.2, 0.25) is 5.02 Å². The molecule has 0 spiro atoms. The maximum absolute atomic E-state index is 13.6. The van der Waals surface area contributed by atoms with Gasteiger partial charge in [-0.1, -0.05) is 23.7 Å². The molecule has 1 aliphatic rings. The molecule has 0 unspecified atom stereocenters. The maximum atomic E-state index is 13.6. The predicted octanol–water partition coefficient (Wildman–Crippen LogP) is 4.26. The molecule has 4 rings (SSSR count). The van der Waals surface area contributed by atoms with Crippen molar-refractivity contribution in [2.45, 2.75) is 6.18 Å². The number of carbonyl (C=O) groups is 1. The van der Waals surface area contributed by atoms with Crippen molar-refractivity contribution in [1.82, 2.24) is 14.9 Å². The Hall–Kier alpha value is -2.87. The van der Waals surface area contributed by atoms with Gasteiger partial charge in [-0.25, -0.2) is 9.97 Å². The molecule has 1 aromatic heterocycles. The number of fused-ring (bicyclic) bond motifs is 1. The average Bonchev–Trinajstić information content (AvgIpc) is 2.72. The van der Waals surface area contributed by atoms with Crippen LogP contribution in [0.15, 0.2) is 48.5 Å². The lowest BCUT2D eigenvalue weighted by molar-refractivity contribution is -0.140. The summed E-state index contributed by atoms with van der Waals surface area (Å²) in [7, 11) is 0. The first-order valence-electron chi connectivity index (χ1n) is 8.97. The van der Waals surface area contributed by atoms with E-state index in [1.165, 1.54) is 11.0 Å². The Morgan fingerprint density at radius 2 is 1.48 bits per heavy atom. The third kappa shape index (κ3) is 3.98. The molecule has 0 N–H and O–H groups in total. The highest BCUT2D eigenvalue weighted by Gasteiger charge is 2.39. The molecule has 0 saturated carbocycles. The molecule has 0 atom stereocenters. The van der Waals surface area contributed by atoms with Gasteiger partial charge >= 0.3 is 6.18 Å². The number of rotatable bonds is 2. The Morgan fingerprint density at radius 1 is 0.897 bits per heavy atom. The Morgan fingerprint density at radius 3 is 2.07 bits per heavy atom. The topological polar surface area (TPSA) is 49.3 Å². The number of para-hydroxylation sites is 2. The third-order valence-corrected chi connectivity index (χ3v) is 5.03. The minimum Gasteiger partial charge on any atom is -0.351 e. The first-order valence-corrected chi connectivity index (χ1v) is 9.34. The summed E-state index contributed by atoms with van der Waals surface area (Å²) in [6.45, 7) is 1.03. The molecule has 5 nitrogen and oxygen atoms in total. The fourth-order valence-corrected chi connectivity index (χ4v) is 3.42. The molecular formula is C20H16ClF3N4O. The second kappa shape index (κ2) is 7.51. The molecule has 29 heavy (non-hydrogen) atoms. The van der Waals surface area contributed by atoms with Crippen LogP contribution in [0, 0.1) is 0 Å². The molecule has 1 amide bonds. The zero-order valence-corrected chi connectivity index (χ0v) is 15.9. The second-order valence-corrected chi connectivity index (χ2v) is 7.10. The molecule has 9 heteroatoms. The number of hydrogen-bond donors (Lipinski definition) is 0. The molecule has 1 aliphatic heterocycles. The van der Waals surface area contributed by atoms with Crippen LogP contribution in [-0.2, 0) is 6.18 Å². The highest BCUT2D eigenvalue weighted by atomic mass is 35.5. The predicted molar refractivity (Wildman–Crippen MR) is 104 cm³/mol. The lowest BCUT2D eigenvalue weighted by Gasteiger charge is -2.36. The van der Waals surface area contributed by atoms with Gasteiger partial charge in [0.1, 0.15) is 0 Å². The minimum absolute atomic E-state index is 0.179. The quantitative estimate of drug-likeness (QED) is 0.621. The van der Waals surface area contributed by atoms with Gasteiger partial charge in [-0.15, -0.1) is 0 Å². The van der Waals surface area contributed by atoms with Gasteiger partial charge in [0, 0.05) is 36.8 Å². The van der Waals surface area contributed by atoms with Gasteiger partial charge in [0.25, 0.3) is 5.91 Å². The van der Waals surface area contributed by atoms with Crippen molar-refractivity contribution in [2.75, 3.05) is 31.1 Å². The van der Waals surface area contributed by atoms with E-state index in [1.807, 2.05) is 0 Å². The van der Waals surface area contributed by atoms with E-state index in [0.29, 0.717) is 16.1 Å². The first-order chi connectivity index (χ1) is 13.8. The van der Waals surface area contributed by atoms with Gasteiger partial charge in [-0.05, 0) is 36.4 Å². The van der Waals surface area contributed by atoms with E-state index in [1.54, 1.807) is 47.4 Å². The van der Waals surface area contributed by atoms with Crippen molar-refractivity contribution in [3.8, 4) is 0 Å². The number of nitrogens with zero attached hydrogens (tertiary/aromatic N) is 4. The number of benzene rings is 2. The third-order valence-electron chi connectivity index (χ3n) is 4.78. The molecule has 150 valence electrons. The summed E-state index contributed by atoms with van der Waals surface area (Å²) in [6.07, 6.45) is -4.62. The van der Waals surface area contributed by atoms with Gasteiger partial charge in [0.2, 0.25) is 0 Å². The SMILES string of the molecule is O=C(c1ccc(Cl)cc1)N1CCN(c2nc3ccccc3nc2C(F)(F)F)CC1. The molecule has 1 saturated heterocycles. The maximum Gasteiger partial charge on any atom is 0.437 e. The molecule has 0 bridgehead atoms. The smallest absolute Gasteiger partial charge is 0.351 e. The van der Waals surface area contributed by atoms with E-state index >= 15 is 0 Å². The van der Waals surface area contributed by atoms with E-state index in [2.05, 4.69) is 9.97 Å². The van der Waals surface area contributed by atoms with Crippen molar-refractivity contribution >= 4 is 34.4 Å². The normalized spacial score (nSPS) is 15.0. The van der Waals surface area contributed by atoms with Crippen LogP contribution >= 0.6 is 11.6 Å². The first kappa shape index (κ1) is 19.4. The zero-order chi connectivity index (χ0) is 20.6. The average molecular weight is 421 g/mol. The Bertz CT molecular complexity index is 1050. The number of hydrogen-bond acceptors (Lipinski definition) is 4. The summed E-state index contributed by atoms with van der Waals surface area (Å²) in [6, 6.07) is 13.0. The summed E-state index contributed by atoms with van der Waals surface area (Å²) < 4.78 is 40.8. The van der Waals surface area contributed by atoms with Gasteiger partial charge < -0.3 is 9.80 Å². The standard InChI is InChI=1S/C20H16ClF3N4O/c21-14-7-5-13(6-8-14)19(29)28-11-9-27(10-12-28)18-17(20(22,23)24)25-15-3-1-2-4-16(15)26-18/h1-8H,9-12H2. The molecule has 2 aromatic carbocycles. The van der Waals surface area contributed by atoms with Gasteiger partial charge in [-0.2, -0.15) is 13.2 Å². The fraction of sp³-hybridized carbons (Fsp3) is 0.250. The molecular weight excluding hydrogens is 405 g/mol. The molecule has 0 radical (unpaired) electrons. The van der Waals surface area contributed by atoms with Crippen molar-refractivity contribution < 1.29 is 18.0 Å². The van der Waals surface area contributed by atoms with E-state index in [0.717, 1.165) is 0 Å². The molecule has 0 aliphatic carbocycles. The van der Waals surface area contributed by atoms with E-state index < -0.39 is 11.9 Å². The van der Waals surface area contributed by atoms with Crippen molar-refractivity contribution in [3.05, 3.63) is 64.8 Å². The largest absolute Gasteiger partial charge is 0.437 e. The summed E-state index contributed by atoms with van der Waals surface area (Å²) in [5.41, 5.74) is 0.0771. The summed E-state index contributed by atoms with van der Waals surface area (Å²) in [5, 5.41) is 0.529. The van der Waals surface area contributed by atoms with Crippen LogP contribution in [0.4, 0.5) is 19.0 Å². The summed E-state index contributed by atoms with van der Waals surface area (Å²) in [4.78, 5) is 23.8. The number of anilines is 1. The highest BCUT2D eigenvalue weighted by molar-refractivity contribution is 6.30.